The molecule has 10 heteroatoms. The molecule has 1 amide bonds. The van der Waals surface area contributed by atoms with E-state index < -0.39 is 23.3 Å². The van der Waals surface area contributed by atoms with Gasteiger partial charge in [-0.15, -0.1) is 0 Å². The van der Waals surface area contributed by atoms with E-state index in [1.54, 1.807) is 6.92 Å². The Bertz CT molecular complexity index is 859. The van der Waals surface area contributed by atoms with E-state index in [4.69, 9.17) is 4.84 Å². The topological polar surface area (TPSA) is 72.3 Å². The zero-order valence-corrected chi connectivity index (χ0v) is 16.1. The molecule has 28 heavy (non-hydrogen) atoms. The summed E-state index contributed by atoms with van der Waals surface area (Å²) in [7, 11) is 2.49. The highest BCUT2D eigenvalue weighted by Gasteiger charge is 2.41. The Kier molecular flexibility index (Phi) is 5.78. The SMILES string of the molecule is CCn1ncc2c(NC3CCCCC3)c(C(=O)N(C)OC)c(C(F)(F)F)nc21. The first-order valence-corrected chi connectivity index (χ1v) is 9.33. The molecule has 7 nitrogen and oxygen atoms in total. The van der Waals surface area contributed by atoms with Gasteiger partial charge in [0.1, 0.15) is 0 Å². The number of nitrogens with zero attached hydrogens (tertiary/aromatic N) is 4. The Balaban J connectivity index is 2.27. The van der Waals surface area contributed by atoms with Crippen LogP contribution in [0.1, 0.15) is 55.1 Å². The predicted octanol–water partition coefficient (Wildman–Crippen LogP) is 3.85. The van der Waals surface area contributed by atoms with Crippen LogP contribution in [-0.2, 0) is 17.6 Å². The largest absolute Gasteiger partial charge is 0.434 e. The average molecular weight is 399 g/mol. The van der Waals surface area contributed by atoms with Gasteiger partial charge in [0.2, 0.25) is 0 Å². The predicted molar refractivity (Wildman–Crippen MR) is 97.8 cm³/mol. The maximum Gasteiger partial charge on any atom is 0.434 e. The van der Waals surface area contributed by atoms with Crippen LogP contribution in [0, 0.1) is 0 Å². The van der Waals surface area contributed by atoms with Crippen molar-refractivity contribution in [2.75, 3.05) is 19.5 Å². The number of fused-ring (bicyclic) bond motifs is 1. The number of anilines is 1. The Hall–Kier alpha value is -2.36. The van der Waals surface area contributed by atoms with Crippen molar-refractivity contribution in [3.8, 4) is 0 Å². The molecule has 0 radical (unpaired) electrons. The number of aryl methyl sites for hydroxylation is 1. The van der Waals surface area contributed by atoms with E-state index in [0.29, 0.717) is 11.9 Å². The minimum absolute atomic E-state index is 0.00943. The van der Waals surface area contributed by atoms with E-state index in [9.17, 15) is 18.0 Å². The van der Waals surface area contributed by atoms with Gasteiger partial charge in [-0.2, -0.15) is 18.3 Å². The van der Waals surface area contributed by atoms with E-state index in [1.165, 1.54) is 25.0 Å². The molecular weight excluding hydrogens is 375 g/mol. The fourth-order valence-corrected chi connectivity index (χ4v) is 3.57. The molecule has 1 aliphatic rings. The Morgan fingerprint density at radius 1 is 1.36 bits per heavy atom. The molecule has 0 atom stereocenters. The number of halogens is 3. The van der Waals surface area contributed by atoms with Crippen molar-refractivity contribution < 1.29 is 22.8 Å². The molecule has 0 bridgehead atoms. The summed E-state index contributed by atoms with van der Waals surface area (Å²) in [6.07, 6.45) is 1.41. The first-order chi connectivity index (χ1) is 13.3. The van der Waals surface area contributed by atoms with Gasteiger partial charge in [-0.25, -0.2) is 14.7 Å². The summed E-state index contributed by atoms with van der Waals surface area (Å²) >= 11 is 0. The summed E-state index contributed by atoms with van der Waals surface area (Å²) < 4.78 is 43.0. The van der Waals surface area contributed by atoms with Crippen molar-refractivity contribution in [3.05, 3.63) is 17.5 Å². The number of hydrogen-bond donors (Lipinski definition) is 1. The van der Waals surface area contributed by atoms with E-state index in [1.807, 2.05) is 0 Å². The molecule has 1 aliphatic carbocycles. The van der Waals surface area contributed by atoms with E-state index in [0.717, 1.165) is 37.2 Å². The number of hydroxylamine groups is 2. The second kappa shape index (κ2) is 7.94. The van der Waals surface area contributed by atoms with E-state index in [-0.39, 0.29) is 17.4 Å². The van der Waals surface area contributed by atoms with Gasteiger partial charge in [0, 0.05) is 19.6 Å². The second-order valence-corrected chi connectivity index (χ2v) is 6.87. The number of hydrogen-bond acceptors (Lipinski definition) is 5. The standard InChI is InChI=1S/C18H24F3N5O2/c1-4-26-16-12(10-22-26)14(23-11-8-6-5-7-9-11)13(17(27)25(2)28-3)15(24-16)18(19,20)21/h10-11H,4-9H2,1-3H3,(H,23,24). The number of amides is 1. The van der Waals surface area contributed by atoms with Crippen LogP contribution in [0.15, 0.2) is 6.20 Å². The normalized spacial score (nSPS) is 15.8. The van der Waals surface area contributed by atoms with Crippen LogP contribution in [0.25, 0.3) is 11.0 Å². The zero-order valence-electron chi connectivity index (χ0n) is 16.1. The molecule has 1 N–H and O–H groups in total. The molecule has 3 rings (SSSR count). The maximum atomic E-state index is 13.9. The van der Waals surface area contributed by atoms with Crippen molar-refractivity contribution in [3.63, 3.8) is 0 Å². The molecule has 154 valence electrons. The highest BCUT2D eigenvalue weighted by atomic mass is 19.4. The van der Waals surface area contributed by atoms with Gasteiger partial charge in [0.25, 0.3) is 5.91 Å². The van der Waals surface area contributed by atoms with Crippen LogP contribution in [0.5, 0.6) is 0 Å². The number of aromatic nitrogens is 3. The van der Waals surface area contributed by atoms with Crippen LogP contribution in [0.2, 0.25) is 0 Å². The molecule has 0 spiro atoms. The zero-order chi connectivity index (χ0) is 20.5. The Labute approximate surface area is 160 Å². The van der Waals surface area contributed by atoms with Crippen LogP contribution in [-0.4, -0.2) is 45.9 Å². The molecule has 0 unspecified atom stereocenters. The summed E-state index contributed by atoms with van der Waals surface area (Å²) in [6.45, 7) is 2.13. The molecular formula is C18H24F3N5O2. The lowest BCUT2D eigenvalue weighted by molar-refractivity contribution is -0.141. The second-order valence-electron chi connectivity index (χ2n) is 6.87. The van der Waals surface area contributed by atoms with Crippen molar-refractivity contribution in [2.24, 2.45) is 0 Å². The number of pyridine rings is 1. The van der Waals surface area contributed by atoms with Gasteiger partial charge >= 0.3 is 6.18 Å². The van der Waals surface area contributed by atoms with Crippen LogP contribution in [0.4, 0.5) is 18.9 Å². The third-order valence-electron chi connectivity index (χ3n) is 5.08. The van der Waals surface area contributed by atoms with Crippen molar-refractivity contribution in [1.29, 1.82) is 0 Å². The Morgan fingerprint density at radius 2 is 2.04 bits per heavy atom. The van der Waals surface area contributed by atoms with Crippen LogP contribution >= 0.6 is 0 Å². The third-order valence-corrected chi connectivity index (χ3v) is 5.08. The van der Waals surface area contributed by atoms with Crippen molar-refractivity contribution in [2.45, 2.75) is 57.8 Å². The van der Waals surface area contributed by atoms with Gasteiger partial charge in [0.15, 0.2) is 11.3 Å². The highest BCUT2D eigenvalue weighted by molar-refractivity contribution is 6.07. The maximum absolute atomic E-state index is 13.9. The summed E-state index contributed by atoms with van der Waals surface area (Å²) in [5.74, 6) is -0.910. The highest BCUT2D eigenvalue weighted by Crippen LogP contribution is 2.39. The fourth-order valence-electron chi connectivity index (χ4n) is 3.57. The molecule has 1 fully saturated rings. The van der Waals surface area contributed by atoms with E-state index >= 15 is 0 Å². The molecule has 0 saturated heterocycles. The third kappa shape index (κ3) is 3.78. The number of alkyl halides is 3. The minimum atomic E-state index is -4.81. The van der Waals surface area contributed by atoms with Gasteiger partial charge in [0.05, 0.1) is 29.9 Å². The van der Waals surface area contributed by atoms with Crippen molar-refractivity contribution >= 4 is 22.6 Å². The molecule has 2 heterocycles. The molecule has 2 aromatic rings. The lowest BCUT2D eigenvalue weighted by Crippen LogP contribution is -2.31. The van der Waals surface area contributed by atoms with Crippen molar-refractivity contribution in [1.82, 2.24) is 19.8 Å². The molecule has 1 saturated carbocycles. The average Bonchev–Trinajstić information content (AvgIpc) is 3.09. The first kappa shape index (κ1) is 20.4. The van der Waals surface area contributed by atoms with Gasteiger partial charge < -0.3 is 5.32 Å². The minimum Gasteiger partial charge on any atom is -0.381 e. The summed E-state index contributed by atoms with van der Waals surface area (Å²) in [4.78, 5) is 21.5. The lowest BCUT2D eigenvalue weighted by atomic mass is 9.94. The number of carbonyl (C=O) groups is 1. The van der Waals surface area contributed by atoms with Crippen LogP contribution < -0.4 is 5.32 Å². The van der Waals surface area contributed by atoms with Gasteiger partial charge in [-0.05, 0) is 19.8 Å². The van der Waals surface area contributed by atoms with Gasteiger partial charge in [-0.1, -0.05) is 19.3 Å². The smallest absolute Gasteiger partial charge is 0.381 e. The Morgan fingerprint density at radius 3 is 2.61 bits per heavy atom. The molecule has 2 aromatic heterocycles. The summed E-state index contributed by atoms with van der Waals surface area (Å²) in [5.41, 5.74) is -1.55. The van der Waals surface area contributed by atoms with E-state index in [2.05, 4.69) is 15.4 Å². The van der Waals surface area contributed by atoms with Gasteiger partial charge in [-0.3, -0.25) is 9.63 Å². The monoisotopic (exact) mass is 399 g/mol. The fraction of sp³-hybridized carbons (Fsp3) is 0.611. The summed E-state index contributed by atoms with van der Waals surface area (Å²) in [6, 6.07) is -0.00943. The number of nitrogens with one attached hydrogen (secondary N) is 1. The van der Waals surface area contributed by atoms with Crippen LogP contribution in [0.3, 0.4) is 0 Å². The lowest BCUT2D eigenvalue weighted by Gasteiger charge is -2.27. The number of rotatable bonds is 5. The number of carbonyl (C=O) groups excluding carboxylic acids is 1. The molecule has 0 aromatic carbocycles. The summed E-state index contributed by atoms with van der Waals surface area (Å²) in [5, 5.41) is 8.52. The first-order valence-electron chi connectivity index (χ1n) is 9.33. The molecule has 0 aliphatic heterocycles. The quantitative estimate of drug-likeness (QED) is 0.774.